The van der Waals surface area contributed by atoms with E-state index in [2.05, 4.69) is 14.9 Å². The van der Waals surface area contributed by atoms with E-state index in [4.69, 9.17) is 11.6 Å². The smallest absolute Gasteiger partial charge is 0.294 e. The molecule has 0 bridgehead atoms. The fraction of sp³-hybridized carbons (Fsp3) is 0.273. The SMILES string of the molecule is Cc1ccc(F)c(CN2CCc3nc(-c4ccc(C(F)(F)F)cc4)ncc3C2)c1Cl. The third kappa shape index (κ3) is 4.18. The summed E-state index contributed by atoms with van der Waals surface area (Å²) in [6.07, 6.45) is -2.05. The molecule has 3 aromatic rings. The second-order valence-corrected chi connectivity index (χ2v) is 7.74. The highest BCUT2D eigenvalue weighted by atomic mass is 35.5. The predicted octanol–water partition coefficient (Wildman–Crippen LogP) is 5.82. The van der Waals surface area contributed by atoms with Crippen molar-refractivity contribution in [1.82, 2.24) is 14.9 Å². The number of fused-ring (bicyclic) bond motifs is 1. The van der Waals surface area contributed by atoms with Gasteiger partial charge in [0.05, 0.1) is 16.3 Å². The summed E-state index contributed by atoms with van der Waals surface area (Å²) in [5.74, 6) is 0.0639. The Balaban J connectivity index is 1.52. The van der Waals surface area contributed by atoms with Gasteiger partial charge in [-0.3, -0.25) is 4.90 Å². The topological polar surface area (TPSA) is 29.0 Å². The summed E-state index contributed by atoms with van der Waals surface area (Å²) in [5, 5.41) is 0.440. The minimum absolute atomic E-state index is 0.328. The number of benzene rings is 2. The molecule has 0 saturated carbocycles. The number of hydrogen-bond donors (Lipinski definition) is 0. The monoisotopic (exact) mass is 435 g/mol. The van der Waals surface area contributed by atoms with Gasteiger partial charge < -0.3 is 0 Å². The molecule has 0 N–H and O–H groups in total. The van der Waals surface area contributed by atoms with E-state index in [1.807, 2.05) is 6.92 Å². The summed E-state index contributed by atoms with van der Waals surface area (Å²) >= 11 is 6.28. The number of aromatic nitrogens is 2. The maximum absolute atomic E-state index is 14.2. The summed E-state index contributed by atoms with van der Waals surface area (Å²) in [6, 6.07) is 7.89. The molecule has 1 aliphatic rings. The van der Waals surface area contributed by atoms with Crippen molar-refractivity contribution in [3.05, 3.63) is 81.4 Å². The summed E-state index contributed by atoms with van der Waals surface area (Å²) in [6.45, 7) is 3.44. The van der Waals surface area contributed by atoms with E-state index >= 15 is 0 Å². The molecule has 4 rings (SSSR count). The van der Waals surface area contributed by atoms with E-state index in [1.54, 1.807) is 12.3 Å². The molecule has 0 saturated heterocycles. The molecule has 0 fully saturated rings. The maximum Gasteiger partial charge on any atom is 0.416 e. The van der Waals surface area contributed by atoms with Gasteiger partial charge in [-0.1, -0.05) is 29.8 Å². The van der Waals surface area contributed by atoms with Crippen LogP contribution in [0.3, 0.4) is 0 Å². The Bertz CT molecular complexity index is 1080. The Morgan fingerprint density at radius 1 is 1.10 bits per heavy atom. The van der Waals surface area contributed by atoms with Crippen LogP contribution < -0.4 is 0 Å². The molecule has 0 unspecified atom stereocenters. The lowest BCUT2D eigenvalue weighted by atomic mass is 10.0. The second kappa shape index (κ2) is 7.96. The molecule has 8 heteroatoms. The lowest BCUT2D eigenvalue weighted by molar-refractivity contribution is -0.137. The Hall–Kier alpha value is -2.51. The fourth-order valence-electron chi connectivity index (χ4n) is 3.54. The Morgan fingerprint density at radius 2 is 1.83 bits per heavy atom. The molecule has 30 heavy (non-hydrogen) atoms. The van der Waals surface area contributed by atoms with Crippen molar-refractivity contribution in [2.24, 2.45) is 0 Å². The lowest BCUT2D eigenvalue weighted by Gasteiger charge is -2.28. The fourth-order valence-corrected chi connectivity index (χ4v) is 3.75. The largest absolute Gasteiger partial charge is 0.416 e. The van der Waals surface area contributed by atoms with Crippen molar-refractivity contribution < 1.29 is 17.6 Å². The normalized spacial score (nSPS) is 14.6. The van der Waals surface area contributed by atoms with Gasteiger partial charge in [0.2, 0.25) is 0 Å². The van der Waals surface area contributed by atoms with Crippen molar-refractivity contribution in [3.8, 4) is 11.4 Å². The zero-order valence-corrected chi connectivity index (χ0v) is 16.9. The first-order valence-corrected chi connectivity index (χ1v) is 9.78. The van der Waals surface area contributed by atoms with Crippen LogP contribution >= 0.6 is 11.6 Å². The first kappa shape index (κ1) is 20.8. The van der Waals surface area contributed by atoms with Gasteiger partial charge in [-0.05, 0) is 30.7 Å². The maximum atomic E-state index is 14.2. The predicted molar refractivity (Wildman–Crippen MR) is 106 cm³/mol. The molecule has 1 aromatic heterocycles. The third-order valence-corrected chi connectivity index (χ3v) is 5.77. The zero-order chi connectivity index (χ0) is 21.5. The molecule has 0 radical (unpaired) electrons. The van der Waals surface area contributed by atoms with Crippen LogP contribution in [0.15, 0.2) is 42.6 Å². The molecule has 0 amide bonds. The zero-order valence-electron chi connectivity index (χ0n) is 16.1. The standard InChI is InChI=1S/C22H18ClF4N3/c1-13-2-7-18(24)17(20(13)23)12-30-9-8-19-15(11-30)10-28-21(29-19)14-3-5-16(6-4-14)22(25,26)27/h2-7,10H,8-9,11-12H2,1H3. The molecule has 3 nitrogen and oxygen atoms in total. The van der Waals surface area contributed by atoms with Crippen LogP contribution in [0.2, 0.25) is 5.02 Å². The molecular weight excluding hydrogens is 418 g/mol. The van der Waals surface area contributed by atoms with E-state index in [0.717, 1.165) is 29.0 Å². The quantitative estimate of drug-likeness (QED) is 0.485. The summed E-state index contributed by atoms with van der Waals surface area (Å²) in [7, 11) is 0. The average Bonchev–Trinajstić information content (AvgIpc) is 2.73. The van der Waals surface area contributed by atoms with E-state index < -0.39 is 11.7 Å². The van der Waals surface area contributed by atoms with Crippen molar-refractivity contribution in [3.63, 3.8) is 0 Å². The molecule has 0 aliphatic carbocycles. The van der Waals surface area contributed by atoms with E-state index in [-0.39, 0.29) is 5.82 Å². The van der Waals surface area contributed by atoms with Crippen LogP contribution in [0.1, 0.15) is 27.9 Å². The Kier molecular flexibility index (Phi) is 5.51. The van der Waals surface area contributed by atoms with Gasteiger partial charge in [0.15, 0.2) is 5.82 Å². The van der Waals surface area contributed by atoms with Gasteiger partial charge in [-0.2, -0.15) is 13.2 Å². The third-order valence-electron chi connectivity index (χ3n) is 5.24. The van der Waals surface area contributed by atoms with Crippen molar-refractivity contribution in [2.45, 2.75) is 32.6 Å². The van der Waals surface area contributed by atoms with Gasteiger partial charge in [-0.15, -0.1) is 0 Å². The van der Waals surface area contributed by atoms with Crippen LogP contribution in [-0.2, 0) is 25.7 Å². The highest BCUT2D eigenvalue weighted by Crippen LogP contribution is 2.31. The van der Waals surface area contributed by atoms with Gasteiger partial charge in [0, 0.05) is 48.9 Å². The summed E-state index contributed by atoms with van der Waals surface area (Å²) < 4.78 is 52.5. The Morgan fingerprint density at radius 3 is 2.53 bits per heavy atom. The minimum atomic E-state index is -4.38. The molecule has 0 spiro atoms. The van der Waals surface area contributed by atoms with Gasteiger partial charge in [-0.25, -0.2) is 14.4 Å². The summed E-state index contributed by atoms with van der Waals surface area (Å²) in [5.41, 5.74) is 2.90. The molecule has 2 aromatic carbocycles. The summed E-state index contributed by atoms with van der Waals surface area (Å²) in [4.78, 5) is 10.9. The van der Waals surface area contributed by atoms with Crippen molar-refractivity contribution >= 4 is 11.6 Å². The highest BCUT2D eigenvalue weighted by Gasteiger charge is 2.30. The molecular formula is C22H18ClF4N3. The van der Waals surface area contributed by atoms with E-state index in [0.29, 0.717) is 48.0 Å². The van der Waals surface area contributed by atoms with Crippen LogP contribution in [0.25, 0.3) is 11.4 Å². The molecule has 0 atom stereocenters. The van der Waals surface area contributed by atoms with E-state index in [9.17, 15) is 17.6 Å². The number of alkyl halides is 3. The number of nitrogens with zero attached hydrogens (tertiary/aromatic N) is 3. The second-order valence-electron chi connectivity index (χ2n) is 7.36. The van der Waals surface area contributed by atoms with E-state index in [1.165, 1.54) is 18.2 Å². The average molecular weight is 436 g/mol. The van der Waals surface area contributed by atoms with Crippen molar-refractivity contribution in [2.75, 3.05) is 6.54 Å². The van der Waals surface area contributed by atoms with Crippen LogP contribution in [0.5, 0.6) is 0 Å². The van der Waals surface area contributed by atoms with Crippen molar-refractivity contribution in [1.29, 1.82) is 0 Å². The lowest BCUT2D eigenvalue weighted by Crippen LogP contribution is -2.31. The van der Waals surface area contributed by atoms with Crippen LogP contribution in [-0.4, -0.2) is 21.4 Å². The van der Waals surface area contributed by atoms with Gasteiger partial charge in [0.1, 0.15) is 5.82 Å². The van der Waals surface area contributed by atoms with Crippen LogP contribution in [0.4, 0.5) is 17.6 Å². The number of halogens is 5. The number of hydrogen-bond acceptors (Lipinski definition) is 3. The van der Waals surface area contributed by atoms with Gasteiger partial charge >= 0.3 is 6.18 Å². The highest BCUT2D eigenvalue weighted by molar-refractivity contribution is 6.32. The number of rotatable bonds is 3. The molecule has 2 heterocycles. The van der Waals surface area contributed by atoms with Gasteiger partial charge in [0.25, 0.3) is 0 Å². The molecule has 156 valence electrons. The van der Waals surface area contributed by atoms with Crippen LogP contribution in [0, 0.1) is 12.7 Å². The Labute approximate surface area is 176 Å². The minimum Gasteiger partial charge on any atom is -0.294 e. The first-order chi connectivity index (χ1) is 14.2. The molecule has 1 aliphatic heterocycles. The number of aryl methyl sites for hydroxylation is 1. The first-order valence-electron chi connectivity index (χ1n) is 9.40.